The first-order valence-corrected chi connectivity index (χ1v) is 18.6. The molecule has 0 radical (unpaired) electrons. The van der Waals surface area contributed by atoms with Crippen molar-refractivity contribution in [3.8, 4) is 0 Å². The van der Waals surface area contributed by atoms with Gasteiger partial charge in [-0.3, -0.25) is 0 Å². The number of amides is 2. The fourth-order valence-corrected chi connectivity index (χ4v) is 4.80. The number of hydrogen-bond donors (Lipinski definition) is 6. The number of carbonyl (C=O) groups is 2. The Labute approximate surface area is 312 Å². The Bertz CT molecular complexity index is 958. The predicted molar refractivity (Wildman–Crippen MR) is 197 cm³/mol. The molecule has 4 atom stereocenters. The van der Waals surface area contributed by atoms with E-state index < -0.39 is 46.1 Å². The standard InChI is InChI=1S/C37H74N2O13/c1-28(2)36(11,25-46-19-12-15-38-31(42)51-33(4,5)6)50-23-30(35(10,44)24-47-20-16-39-32(43)52-34(7,8)9)14-13-29(3)37(45,26-48-21-17-40)27-49-22-18-41/h28-30,40-41,44-45H,12-27H2,1-11H3,(H,38,42)(H,39,43). The minimum absolute atomic E-state index is 0.0459. The lowest BCUT2D eigenvalue weighted by atomic mass is 9.80. The molecule has 0 spiro atoms. The number of aliphatic hydroxyl groups excluding tert-OH is 2. The summed E-state index contributed by atoms with van der Waals surface area (Å²) < 4.78 is 39.9. The first-order valence-electron chi connectivity index (χ1n) is 18.6. The summed E-state index contributed by atoms with van der Waals surface area (Å²) in [7, 11) is 0. The molecule has 0 fully saturated rings. The van der Waals surface area contributed by atoms with Crippen LogP contribution in [0.15, 0.2) is 0 Å². The Morgan fingerprint density at radius 3 is 1.60 bits per heavy atom. The quantitative estimate of drug-likeness (QED) is 0.0635. The van der Waals surface area contributed by atoms with E-state index in [0.717, 1.165) is 0 Å². The van der Waals surface area contributed by atoms with Crippen LogP contribution in [0.2, 0.25) is 0 Å². The Hall–Kier alpha value is -1.82. The molecule has 15 heteroatoms. The van der Waals surface area contributed by atoms with Gasteiger partial charge in [0.15, 0.2) is 0 Å². The normalized spacial score (nSPS) is 16.2. The van der Waals surface area contributed by atoms with E-state index in [1.807, 2.05) is 27.7 Å². The average Bonchev–Trinajstić information content (AvgIpc) is 3.00. The number of ether oxygens (including phenoxy) is 7. The first-order chi connectivity index (χ1) is 24.0. The van der Waals surface area contributed by atoms with Gasteiger partial charge >= 0.3 is 12.2 Å². The molecule has 2 amide bonds. The van der Waals surface area contributed by atoms with Crippen molar-refractivity contribution in [1.29, 1.82) is 0 Å². The van der Waals surface area contributed by atoms with Crippen molar-refractivity contribution in [3.63, 3.8) is 0 Å². The maximum atomic E-state index is 12.0. The van der Waals surface area contributed by atoms with Crippen molar-refractivity contribution >= 4 is 12.2 Å². The molecule has 0 aromatic heterocycles. The van der Waals surface area contributed by atoms with Crippen molar-refractivity contribution < 1.29 is 63.2 Å². The van der Waals surface area contributed by atoms with Crippen LogP contribution < -0.4 is 10.6 Å². The number of hydrogen-bond acceptors (Lipinski definition) is 13. The molecule has 0 saturated heterocycles. The molecule has 15 nitrogen and oxygen atoms in total. The summed E-state index contributed by atoms with van der Waals surface area (Å²) >= 11 is 0. The molecular formula is C37H74N2O13. The second-order valence-corrected chi connectivity index (χ2v) is 16.3. The molecule has 0 rings (SSSR count). The van der Waals surface area contributed by atoms with E-state index in [9.17, 15) is 30.0 Å². The summed E-state index contributed by atoms with van der Waals surface area (Å²) in [4.78, 5) is 23.9. The van der Waals surface area contributed by atoms with E-state index in [0.29, 0.717) is 32.4 Å². The molecular weight excluding hydrogens is 680 g/mol. The fourth-order valence-electron chi connectivity index (χ4n) is 4.80. The van der Waals surface area contributed by atoms with E-state index in [4.69, 9.17) is 33.2 Å². The highest BCUT2D eigenvalue weighted by molar-refractivity contribution is 5.67. The molecule has 6 N–H and O–H groups in total. The smallest absolute Gasteiger partial charge is 0.407 e. The van der Waals surface area contributed by atoms with Crippen LogP contribution in [0.4, 0.5) is 9.59 Å². The van der Waals surface area contributed by atoms with Crippen molar-refractivity contribution in [1.82, 2.24) is 10.6 Å². The third kappa shape index (κ3) is 23.1. The summed E-state index contributed by atoms with van der Waals surface area (Å²) in [5.74, 6) is -0.772. The van der Waals surface area contributed by atoms with Gasteiger partial charge in [0.05, 0.1) is 77.3 Å². The first kappa shape index (κ1) is 50.2. The van der Waals surface area contributed by atoms with Crippen LogP contribution in [-0.4, -0.2) is 146 Å². The third-order valence-corrected chi connectivity index (χ3v) is 8.59. The van der Waals surface area contributed by atoms with Crippen LogP contribution in [0.5, 0.6) is 0 Å². The Morgan fingerprint density at radius 1 is 0.635 bits per heavy atom. The van der Waals surface area contributed by atoms with Gasteiger partial charge in [0, 0.05) is 25.6 Å². The Balaban J connectivity index is 5.63. The summed E-state index contributed by atoms with van der Waals surface area (Å²) in [6.45, 7) is 21.3. The Morgan fingerprint density at radius 2 is 1.12 bits per heavy atom. The Kier molecular flexibility index (Phi) is 23.7. The van der Waals surface area contributed by atoms with Gasteiger partial charge in [-0.25, -0.2) is 9.59 Å². The highest BCUT2D eigenvalue weighted by Gasteiger charge is 2.40. The van der Waals surface area contributed by atoms with Gasteiger partial charge in [-0.2, -0.15) is 0 Å². The zero-order chi connectivity index (χ0) is 40.1. The highest BCUT2D eigenvalue weighted by atomic mass is 16.6. The lowest BCUT2D eigenvalue weighted by Gasteiger charge is -2.40. The predicted octanol–water partition coefficient (Wildman–Crippen LogP) is 3.42. The monoisotopic (exact) mass is 755 g/mol. The van der Waals surface area contributed by atoms with E-state index in [1.54, 1.807) is 48.5 Å². The van der Waals surface area contributed by atoms with Gasteiger partial charge < -0.3 is 64.2 Å². The average molecular weight is 755 g/mol. The van der Waals surface area contributed by atoms with Crippen LogP contribution in [0.3, 0.4) is 0 Å². The second kappa shape index (κ2) is 24.6. The van der Waals surface area contributed by atoms with E-state index in [2.05, 4.69) is 10.6 Å². The van der Waals surface area contributed by atoms with Gasteiger partial charge in [0.25, 0.3) is 0 Å². The zero-order valence-electron chi connectivity index (χ0n) is 34.0. The van der Waals surface area contributed by atoms with Crippen molar-refractivity contribution in [2.75, 3.05) is 85.8 Å². The van der Waals surface area contributed by atoms with Crippen molar-refractivity contribution in [2.45, 2.75) is 123 Å². The summed E-state index contributed by atoms with van der Waals surface area (Å²) in [5, 5.41) is 47.0. The van der Waals surface area contributed by atoms with Crippen molar-refractivity contribution in [3.05, 3.63) is 0 Å². The summed E-state index contributed by atoms with van der Waals surface area (Å²) in [6, 6.07) is 0. The van der Waals surface area contributed by atoms with Gasteiger partial charge in [0.2, 0.25) is 0 Å². The molecule has 310 valence electrons. The number of nitrogens with one attached hydrogen (secondary N) is 2. The van der Waals surface area contributed by atoms with E-state index >= 15 is 0 Å². The largest absolute Gasteiger partial charge is 0.444 e. The van der Waals surface area contributed by atoms with Gasteiger partial charge in [-0.1, -0.05) is 20.8 Å². The summed E-state index contributed by atoms with van der Waals surface area (Å²) in [5.41, 5.74) is -4.70. The van der Waals surface area contributed by atoms with E-state index in [1.165, 1.54) is 0 Å². The lowest BCUT2D eigenvalue weighted by Crippen LogP contribution is -2.49. The topological polar surface area (TPSA) is 204 Å². The molecule has 0 bridgehead atoms. The van der Waals surface area contributed by atoms with Crippen LogP contribution >= 0.6 is 0 Å². The molecule has 0 saturated carbocycles. The van der Waals surface area contributed by atoms with Crippen LogP contribution in [0.1, 0.15) is 95.4 Å². The second-order valence-electron chi connectivity index (χ2n) is 16.3. The maximum absolute atomic E-state index is 12.0. The number of aliphatic hydroxyl groups is 4. The molecule has 0 aromatic rings. The summed E-state index contributed by atoms with van der Waals surface area (Å²) in [6.07, 6.45) is 0.422. The van der Waals surface area contributed by atoms with Crippen LogP contribution in [0, 0.1) is 17.8 Å². The van der Waals surface area contributed by atoms with Crippen LogP contribution in [-0.2, 0) is 33.2 Å². The minimum atomic E-state index is -1.41. The van der Waals surface area contributed by atoms with E-state index in [-0.39, 0.29) is 84.4 Å². The molecule has 0 heterocycles. The minimum Gasteiger partial charge on any atom is -0.444 e. The maximum Gasteiger partial charge on any atom is 0.407 e. The van der Waals surface area contributed by atoms with Gasteiger partial charge in [-0.05, 0) is 86.5 Å². The molecule has 4 unspecified atom stereocenters. The molecule has 52 heavy (non-hydrogen) atoms. The molecule has 0 aliphatic rings. The highest BCUT2D eigenvalue weighted by Crippen LogP contribution is 2.32. The fraction of sp³-hybridized carbons (Fsp3) is 0.946. The SMILES string of the molecule is CC(CCC(COC(C)(COCCCNC(=O)OC(C)(C)C)C(C)C)C(C)(O)COCCNC(=O)OC(C)(C)C)C(O)(COCCO)COCCO. The van der Waals surface area contributed by atoms with Gasteiger partial charge in [0.1, 0.15) is 16.8 Å². The number of rotatable bonds is 28. The lowest BCUT2D eigenvalue weighted by molar-refractivity contribution is -0.158. The van der Waals surface area contributed by atoms with Gasteiger partial charge in [-0.15, -0.1) is 0 Å². The van der Waals surface area contributed by atoms with Crippen molar-refractivity contribution in [2.24, 2.45) is 17.8 Å². The number of carbonyl (C=O) groups excluding carboxylic acids is 2. The molecule has 0 aliphatic heterocycles. The molecule has 0 aromatic carbocycles. The third-order valence-electron chi connectivity index (χ3n) is 8.59. The zero-order valence-corrected chi connectivity index (χ0v) is 34.0. The van der Waals surface area contributed by atoms with Crippen LogP contribution in [0.25, 0.3) is 0 Å². The molecule has 0 aliphatic carbocycles. The number of alkyl carbamates (subject to hydrolysis) is 2.